The lowest BCUT2D eigenvalue weighted by molar-refractivity contribution is 0.264. The minimum atomic E-state index is 0.663. The number of nitrogens with zero attached hydrogens (tertiary/aromatic N) is 4. The Kier molecular flexibility index (Phi) is 4.99. The van der Waals surface area contributed by atoms with Gasteiger partial charge in [-0.25, -0.2) is 9.97 Å². The first-order valence-corrected chi connectivity index (χ1v) is 10.2. The summed E-state index contributed by atoms with van der Waals surface area (Å²) in [7, 11) is 0. The topological polar surface area (TPSA) is 63.2 Å². The van der Waals surface area contributed by atoms with Crippen molar-refractivity contribution in [3.8, 4) is 5.75 Å². The molecule has 4 aromatic rings. The van der Waals surface area contributed by atoms with Gasteiger partial charge in [0.05, 0.1) is 29.7 Å². The van der Waals surface area contributed by atoms with Crippen LogP contribution in [-0.2, 0) is 19.6 Å². The lowest BCUT2D eigenvalue weighted by atomic mass is 10.2. The summed E-state index contributed by atoms with van der Waals surface area (Å²) in [6.07, 6.45) is 3.48. The van der Waals surface area contributed by atoms with Crippen molar-refractivity contribution >= 4 is 22.4 Å². The van der Waals surface area contributed by atoms with Crippen molar-refractivity contribution in [3.63, 3.8) is 0 Å². The van der Waals surface area contributed by atoms with E-state index in [4.69, 9.17) is 4.74 Å². The molecule has 1 N–H and O–H groups in total. The van der Waals surface area contributed by atoms with Crippen LogP contribution in [0.4, 0.5) is 11.5 Å². The number of hydrogen-bond acceptors (Lipinski definition) is 6. The third-order valence-electron chi connectivity index (χ3n) is 5.31. The van der Waals surface area contributed by atoms with Crippen LogP contribution in [0.3, 0.4) is 0 Å². The van der Waals surface area contributed by atoms with Gasteiger partial charge in [-0.1, -0.05) is 36.4 Å². The molecule has 6 nitrogen and oxygen atoms in total. The fraction of sp³-hybridized carbons (Fsp3) is 0.208. The molecule has 0 unspecified atom stereocenters. The molecule has 1 aliphatic rings. The molecule has 0 spiro atoms. The van der Waals surface area contributed by atoms with Crippen molar-refractivity contribution in [2.75, 3.05) is 11.9 Å². The van der Waals surface area contributed by atoms with Crippen molar-refractivity contribution in [1.29, 1.82) is 0 Å². The van der Waals surface area contributed by atoms with Crippen LogP contribution in [0, 0.1) is 0 Å². The summed E-state index contributed by atoms with van der Waals surface area (Å²) in [5.41, 5.74) is 5.30. The van der Waals surface area contributed by atoms with E-state index in [1.54, 1.807) is 6.33 Å². The van der Waals surface area contributed by atoms with E-state index < -0.39 is 0 Å². The van der Waals surface area contributed by atoms with Gasteiger partial charge in [0, 0.05) is 36.1 Å². The average Bonchev–Trinajstić information content (AvgIpc) is 3.19. The van der Waals surface area contributed by atoms with Crippen molar-refractivity contribution in [2.24, 2.45) is 0 Å². The molecule has 0 amide bonds. The highest BCUT2D eigenvalue weighted by molar-refractivity contribution is 5.82. The standard InChI is InChI=1S/C24H23N5O/c1-2-30-23-10-6-4-8-18(23)13-29-14-20-22(15-29)26-16-27-24(20)28-19-11-17-7-3-5-9-21(17)25-12-19/h3-12,16H,2,13-15H2,1H3,(H,26,27,28). The predicted octanol–water partition coefficient (Wildman–Crippen LogP) is 4.68. The van der Waals surface area contributed by atoms with Crippen LogP contribution in [-0.4, -0.2) is 26.5 Å². The summed E-state index contributed by atoms with van der Waals surface area (Å²) < 4.78 is 5.79. The second kappa shape index (κ2) is 8.08. The van der Waals surface area contributed by atoms with Gasteiger partial charge in [0.25, 0.3) is 0 Å². The van der Waals surface area contributed by atoms with Gasteiger partial charge in [-0.05, 0) is 25.1 Å². The molecule has 2 aromatic heterocycles. The third-order valence-corrected chi connectivity index (χ3v) is 5.31. The Morgan fingerprint density at radius 3 is 2.80 bits per heavy atom. The minimum Gasteiger partial charge on any atom is -0.494 e. The summed E-state index contributed by atoms with van der Waals surface area (Å²) in [6.45, 7) is 5.07. The zero-order valence-electron chi connectivity index (χ0n) is 16.9. The van der Waals surface area contributed by atoms with Gasteiger partial charge in [-0.15, -0.1) is 0 Å². The van der Waals surface area contributed by atoms with E-state index in [0.717, 1.165) is 59.0 Å². The van der Waals surface area contributed by atoms with E-state index in [1.807, 2.05) is 43.5 Å². The zero-order valence-corrected chi connectivity index (χ0v) is 16.9. The first-order valence-electron chi connectivity index (χ1n) is 10.2. The van der Waals surface area contributed by atoms with Gasteiger partial charge in [0.1, 0.15) is 17.9 Å². The molecule has 0 fully saturated rings. The number of hydrogen-bond donors (Lipinski definition) is 1. The zero-order chi connectivity index (χ0) is 20.3. The van der Waals surface area contributed by atoms with E-state index in [0.29, 0.717) is 6.61 Å². The van der Waals surface area contributed by atoms with Gasteiger partial charge in [0.15, 0.2) is 0 Å². The summed E-state index contributed by atoms with van der Waals surface area (Å²) in [5.74, 6) is 1.79. The maximum Gasteiger partial charge on any atom is 0.138 e. The first kappa shape index (κ1) is 18.5. The molecule has 0 saturated carbocycles. The molecule has 2 aromatic carbocycles. The van der Waals surface area contributed by atoms with Crippen LogP contribution in [0.15, 0.2) is 67.1 Å². The largest absolute Gasteiger partial charge is 0.494 e. The molecule has 3 heterocycles. The fourth-order valence-corrected chi connectivity index (χ4v) is 3.91. The highest BCUT2D eigenvalue weighted by atomic mass is 16.5. The van der Waals surface area contributed by atoms with Crippen LogP contribution in [0.2, 0.25) is 0 Å². The van der Waals surface area contributed by atoms with E-state index in [-0.39, 0.29) is 0 Å². The van der Waals surface area contributed by atoms with Gasteiger partial charge in [-0.3, -0.25) is 9.88 Å². The molecule has 0 bridgehead atoms. The van der Waals surface area contributed by atoms with Crippen LogP contribution in [0.25, 0.3) is 10.9 Å². The smallest absolute Gasteiger partial charge is 0.138 e. The molecule has 30 heavy (non-hydrogen) atoms. The maximum absolute atomic E-state index is 5.79. The molecule has 0 saturated heterocycles. The summed E-state index contributed by atoms with van der Waals surface area (Å²) in [4.78, 5) is 15.9. The normalized spacial score (nSPS) is 13.4. The number of rotatable bonds is 6. The molecule has 5 rings (SSSR count). The van der Waals surface area contributed by atoms with Gasteiger partial charge in [0.2, 0.25) is 0 Å². The van der Waals surface area contributed by atoms with Crippen molar-refractivity contribution in [2.45, 2.75) is 26.6 Å². The third kappa shape index (κ3) is 3.69. The summed E-state index contributed by atoms with van der Waals surface area (Å²) in [5, 5.41) is 4.55. The lowest BCUT2D eigenvalue weighted by Gasteiger charge is -2.17. The van der Waals surface area contributed by atoms with Gasteiger partial charge >= 0.3 is 0 Å². The molecule has 0 radical (unpaired) electrons. The molecular weight excluding hydrogens is 374 g/mol. The van der Waals surface area contributed by atoms with E-state index in [1.165, 1.54) is 5.56 Å². The van der Waals surface area contributed by atoms with Gasteiger partial charge in [-0.2, -0.15) is 0 Å². The molecular formula is C24H23N5O. The Hall–Kier alpha value is -3.51. The van der Waals surface area contributed by atoms with Crippen LogP contribution in [0.1, 0.15) is 23.7 Å². The Bertz CT molecular complexity index is 1190. The number of benzene rings is 2. The average molecular weight is 397 g/mol. The number of nitrogens with one attached hydrogen (secondary N) is 1. The minimum absolute atomic E-state index is 0.663. The molecule has 0 aliphatic carbocycles. The second-order valence-electron chi connectivity index (χ2n) is 7.38. The number of fused-ring (bicyclic) bond motifs is 2. The monoisotopic (exact) mass is 397 g/mol. The number of ether oxygens (including phenoxy) is 1. The van der Waals surface area contributed by atoms with Crippen LogP contribution >= 0.6 is 0 Å². The SMILES string of the molecule is CCOc1ccccc1CN1Cc2ncnc(Nc3cnc4ccccc4c3)c2C1. The van der Waals surface area contributed by atoms with Crippen LogP contribution < -0.4 is 10.1 Å². The Morgan fingerprint density at radius 1 is 1.00 bits per heavy atom. The number of para-hydroxylation sites is 2. The number of aromatic nitrogens is 3. The number of anilines is 2. The summed E-state index contributed by atoms with van der Waals surface area (Å²) >= 11 is 0. The Morgan fingerprint density at radius 2 is 1.87 bits per heavy atom. The highest BCUT2D eigenvalue weighted by Crippen LogP contribution is 2.31. The summed E-state index contributed by atoms with van der Waals surface area (Å²) in [6, 6.07) is 18.4. The molecule has 0 atom stereocenters. The first-order chi connectivity index (χ1) is 14.8. The van der Waals surface area contributed by atoms with Crippen LogP contribution in [0.5, 0.6) is 5.75 Å². The van der Waals surface area contributed by atoms with Crippen molar-refractivity contribution < 1.29 is 4.74 Å². The fourth-order valence-electron chi connectivity index (χ4n) is 3.91. The molecule has 150 valence electrons. The van der Waals surface area contributed by atoms with E-state index >= 15 is 0 Å². The maximum atomic E-state index is 5.79. The van der Waals surface area contributed by atoms with Gasteiger partial charge < -0.3 is 10.1 Å². The second-order valence-corrected chi connectivity index (χ2v) is 7.38. The lowest BCUT2D eigenvalue weighted by Crippen LogP contribution is -2.16. The van der Waals surface area contributed by atoms with Crippen molar-refractivity contribution in [3.05, 3.63) is 83.9 Å². The number of pyridine rings is 1. The quantitative estimate of drug-likeness (QED) is 0.510. The predicted molar refractivity (Wildman–Crippen MR) is 118 cm³/mol. The molecule has 6 heteroatoms. The van der Waals surface area contributed by atoms with Crippen molar-refractivity contribution in [1.82, 2.24) is 19.9 Å². The Balaban J connectivity index is 1.36. The highest BCUT2D eigenvalue weighted by Gasteiger charge is 2.24. The van der Waals surface area contributed by atoms with E-state index in [2.05, 4.69) is 49.4 Å². The molecule has 1 aliphatic heterocycles. The van der Waals surface area contributed by atoms with E-state index in [9.17, 15) is 0 Å². The Labute approximate surface area is 175 Å².